The van der Waals surface area contributed by atoms with Crippen LogP contribution in [0.15, 0.2) is 6.20 Å². The number of aromatic nitrogens is 2. The first-order valence-corrected chi connectivity index (χ1v) is 4.61. The summed E-state index contributed by atoms with van der Waals surface area (Å²) in [7, 11) is 0. The molecule has 0 amide bonds. The van der Waals surface area contributed by atoms with E-state index in [4.69, 9.17) is 33.2 Å². The largest absolute Gasteiger partial charge is 0.376 e. The van der Waals surface area contributed by atoms with Gasteiger partial charge in [0.05, 0.1) is 25.7 Å². The first-order chi connectivity index (χ1) is 6.74. The number of ether oxygens (including phenoxy) is 1. The molecule has 0 saturated heterocycles. The Hall–Kier alpha value is -0.890. The van der Waals surface area contributed by atoms with Crippen LogP contribution >= 0.6 is 23.2 Å². The third-order valence-electron chi connectivity index (χ3n) is 1.40. The van der Waals surface area contributed by atoms with Gasteiger partial charge in [-0.1, -0.05) is 11.6 Å². The zero-order valence-electron chi connectivity index (χ0n) is 7.20. The first-order valence-electron chi connectivity index (χ1n) is 3.85. The number of rotatable bonds is 4. The average Bonchev–Trinajstić information content (AvgIpc) is 2.15. The van der Waals surface area contributed by atoms with Crippen molar-refractivity contribution in [3.8, 4) is 6.07 Å². The number of halogens is 2. The van der Waals surface area contributed by atoms with Crippen LogP contribution in [-0.4, -0.2) is 16.6 Å². The Kier molecular flexibility index (Phi) is 4.60. The van der Waals surface area contributed by atoms with Gasteiger partial charge < -0.3 is 4.74 Å². The summed E-state index contributed by atoms with van der Waals surface area (Å²) in [5.74, 6) is 0. The second-order valence-electron chi connectivity index (χ2n) is 2.42. The van der Waals surface area contributed by atoms with Gasteiger partial charge in [0, 0.05) is 11.8 Å². The first kappa shape index (κ1) is 11.2. The lowest BCUT2D eigenvalue weighted by Crippen LogP contribution is -1.97. The standard InChI is InChI=1S/C8H7Cl2N3O/c9-7-6(4-12-8(10)13-7)5-14-3-1-2-11/h4H,1,3,5H2. The third kappa shape index (κ3) is 3.46. The molecule has 1 heterocycles. The quantitative estimate of drug-likeness (QED) is 0.453. The molecule has 14 heavy (non-hydrogen) atoms. The molecule has 1 rings (SSSR count). The summed E-state index contributed by atoms with van der Waals surface area (Å²) in [6.07, 6.45) is 1.86. The highest BCUT2D eigenvalue weighted by molar-refractivity contribution is 6.32. The topological polar surface area (TPSA) is 58.8 Å². The lowest BCUT2D eigenvalue weighted by molar-refractivity contribution is 0.126. The lowest BCUT2D eigenvalue weighted by atomic mass is 10.4. The minimum Gasteiger partial charge on any atom is -0.376 e. The highest BCUT2D eigenvalue weighted by Crippen LogP contribution is 2.14. The normalized spacial score (nSPS) is 9.79. The molecule has 6 heteroatoms. The van der Waals surface area contributed by atoms with Crippen molar-refractivity contribution in [2.75, 3.05) is 6.61 Å². The number of hydrogen-bond donors (Lipinski definition) is 0. The molecule has 0 bridgehead atoms. The molecule has 0 unspecified atom stereocenters. The number of hydrogen-bond acceptors (Lipinski definition) is 4. The van der Waals surface area contributed by atoms with E-state index in [0.29, 0.717) is 18.6 Å². The van der Waals surface area contributed by atoms with Gasteiger partial charge in [-0.2, -0.15) is 5.26 Å². The fourth-order valence-corrected chi connectivity index (χ4v) is 1.12. The van der Waals surface area contributed by atoms with Gasteiger partial charge in [0.25, 0.3) is 0 Å². The predicted molar refractivity (Wildman–Crippen MR) is 51.9 cm³/mol. The third-order valence-corrected chi connectivity index (χ3v) is 1.91. The van der Waals surface area contributed by atoms with Gasteiger partial charge in [0.2, 0.25) is 5.28 Å². The highest BCUT2D eigenvalue weighted by atomic mass is 35.5. The van der Waals surface area contributed by atoms with Crippen LogP contribution in [0.25, 0.3) is 0 Å². The van der Waals surface area contributed by atoms with Gasteiger partial charge in [-0.3, -0.25) is 0 Å². The zero-order valence-corrected chi connectivity index (χ0v) is 8.72. The second kappa shape index (κ2) is 5.76. The molecule has 0 N–H and O–H groups in total. The van der Waals surface area contributed by atoms with Crippen molar-refractivity contribution >= 4 is 23.2 Å². The maximum atomic E-state index is 8.26. The van der Waals surface area contributed by atoms with Crippen molar-refractivity contribution in [1.29, 1.82) is 5.26 Å². The summed E-state index contributed by atoms with van der Waals surface area (Å²) < 4.78 is 5.15. The van der Waals surface area contributed by atoms with Crippen molar-refractivity contribution in [2.24, 2.45) is 0 Å². The average molecular weight is 232 g/mol. The van der Waals surface area contributed by atoms with Crippen LogP contribution in [0.3, 0.4) is 0 Å². The molecule has 0 spiro atoms. The van der Waals surface area contributed by atoms with E-state index in [9.17, 15) is 0 Å². The molecule has 0 atom stereocenters. The van der Waals surface area contributed by atoms with Crippen LogP contribution in [0.4, 0.5) is 0 Å². The van der Waals surface area contributed by atoms with Crippen LogP contribution in [-0.2, 0) is 11.3 Å². The monoisotopic (exact) mass is 231 g/mol. The van der Waals surface area contributed by atoms with E-state index in [0.717, 1.165) is 0 Å². The molecule has 0 aliphatic rings. The van der Waals surface area contributed by atoms with Crippen LogP contribution in [0.1, 0.15) is 12.0 Å². The minimum atomic E-state index is 0.107. The van der Waals surface area contributed by atoms with Crippen LogP contribution in [0.5, 0.6) is 0 Å². The molecule has 1 aromatic rings. The predicted octanol–water partition coefficient (Wildman–Crippen LogP) is 2.21. The van der Waals surface area contributed by atoms with Crippen LogP contribution in [0.2, 0.25) is 10.4 Å². The van der Waals surface area contributed by atoms with Crippen molar-refractivity contribution in [2.45, 2.75) is 13.0 Å². The minimum absolute atomic E-state index is 0.107. The van der Waals surface area contributed by atoms with E-state index in [-0.39, 0.29) is 17.0 Å². The van der Waals surface area contributed by atoms with Gasteiger partial charge in [-0.25, -0.2) is 9.97 Å². The summed E-state index contributed by atoms with van der Waals surface area (Å²) in [4.78, 5) is 7.51. The molecule has 0 aromatic carbocycles. The smallest absolute Gasteiger partial charge is 0.223 e. The van der Waals surface area contributed by atoms with Gasteiger partial charge in [0.15, 0.2) is 0 Å². The fraction of sp³-hybridized carbons (Fsp3) is 0.375. The number of nitriles is 1. The molecule has 0 fully saturated rings. The summed E-state index contributed by atoms with van der Waals surface area (Å²) in [6.45, 7) is 0.660. The van der Waals surface area contributed by atoms with Crippen molar-refractivity contribution in [3.05, 3.63) is 22.2 Å². The summed E-state index contributed by atoms with van der Waals surface area (Å²) >= 11 is 11.3. The molecule has 0 radical (unpaired) electrons. The lowest BCUT2D eigenvalue weighted by Gasteiger charge is -2.02. The maximum Gasteiger partial charge on any atom is 0.223 e. The number of nitrogens with zero attached hydrogens (tertiary/aromatic N) is 3. The fourth-order valence-electron chi connectivity index (χ4n) is 0.763. The van der Waals surface area contributed by atoms with E-state index in [1.165, 1.54) is 6.20 Å². The Labute approximate surface area is 91.4 Å². The van der Waals surface area contributed by atoms with E-state index in [2.05, 4.69) is 9.97 Å². The second-order valence-corrected chi connectivity index (χ2v) is 3.11. The molecule has 0 saturated carbocycles. The van der Waals surface area contributed by atoms with E-state index >= 15 is 0 Å². The molecule has 74 valence electrons. The van der Waals surface area contributed by atoms with Crippen LogP contribution < -0.4 is 0 Å². The van der Waals surface area contributed by atoms with Crippen molar-refractivity contribution in [1.82, 2.24) is 9.97 Å². The molecule has 4 nitrogen and oxygen atoms in total. The Bertz CT molecular complexity index is 351. The van der Waals surface area contributed by atoms with E-state index < -0.39 is 0 Å². The van der Waals surface area contributed by atoms with E-state index in [1.807, 2.05) is 6.07 Å². The molecule has 1 aromatic heterocycles. The molecular weight excluding hydrogens is 225 g/mol. The summed E-state index contributed by atoms with van der Waals surface area (Å²) in [5.41, 5.74) is 0.661. The van der Waals surface area contributed by atoms with Crippen molar-refractivity contribution < 1.29 is 4.74 Å². The Morgan fingerprint density at radius 1 is 1.50 bits per heavy atom. The highest BCUT2D eigenvalue weighted by Gasteiger charge is 2.03. The van der Waals surface area contributed by atoms with Gasteiger partial charge in [-0.05, 0) is 11.6 Å². The van der Waals surface area contributed by atoms with E-state index in [1.54, 1.807) is 0 Å². The SMILES string of the molecule is N#CCCOCc1cnc(Cl)nc1Cl. The summed E-state index contributed by atoms with van der Waals surface area (Å²) in [6, 6.07) is 1.97. The van der Waals surface area contributed by atoms with Crippen molar-refractivity contribution in [3.63, 3.8) is 0 Å². The summed E-state index contributed by atoms with van der Waals surface area (Å²) in [5, 5.41) is 8.64. The van der Waals surface area contributed by atoms with Gasteiger partial charge in [0.1, 0.15) is 5.15 Å². The molecule has 0 aliphatic heterocycles. The Balaban J connectivity index is 2.47. The Morgan fingerprint density at radius 2 is 2.29 bits per heavy atom. The van der Waals surface area contributed by atoms with Gasteiger partial charge >= 0.3 is 0 Å². The molecular formula is C8H7Cl2N3O. The maximum absolute atomic E-state index is 8.26. The van der Waals surface area contributed by atoms with Crippen LogP contribution in [0, 0.1) is 11.3 Å². The van der Waals surface area contributed by atoms with Gasteiger partial charge in [-0.15, -0.1) is 0 Å². The Morgan fingerprint density at radius 3 is 2.93 bits per heavy atom. The zero-order chi connectivity index (χ0) is 10.4. The molecule has 0 aliphatic carbocycles.